The Balaban J connectivity index is 2.01. The number of rotatable bonds is 2. The van der Waals surface area contributed by atoms with E-state index in [9.17, 15) is 14.9 Å². The molecule has 2 aromatic carbocycles. The van der Waals surface area contributed by atoms with Crippen molar-refractivity contribution in [2.75, 3.05) is 0 Å². The first-order chi connectivity index (χ1) is 11.6. The number of H-pyrrole nitrogens is 1. The second-order valence-corrected chi connectivity index (χ2v) is 5.55. The van der Waals surface area contributed by atoms with Crippen LogP contribution in [0.25, 0.3) is 22.8 Å². The zero-order valence-electron chi connectivity index (χ0n) is 12.5. The average molecular weight is 316 g/mol. The van der Waals surface area contributed by atoms with Crippen molar-refractivity contribution in [2.24, 2.45) is 0 Å². The number of nitrogens with zero attached hydrogens (tertiary/aromatic N) is 1. The van der Waals surface area contributed by atoms with Crippen LogP contribution in [0.15, 0.2) is 65.6 Å². The Morgan fingerprint density at radius 1 is 0.917 bits per heavy atom. The normalized spacial score (nSPS) is 13.6. The Hall–Kier alpha value is -3.47. The molecule has 5 heteroatoms. The van der Waals surface area contributed by atoms with Crippen LogP contribution < -0.4 is 5.56 Å². The number of hydrogen-bond donors (Lipinski definition) is 1. The summed E-state index contributed by atoms with van der Waals surface area (Å²) in [4.78, 5) is 25.4. The van der Waals surface area contributed by atoms with Gasteiger partial charge in [0.25, 0.3) is 11.2 Å². The summed E-state index contributed by atoms with van der Waals surface area (Å²) >= 11 is 0. The molecule has 0 aliphatic heterocycles. The van der Waals surface area contributed by atoms with Gasteiger partial charge in [-0.05, 0) is 52.1 Å². The Bertz CT molecular complexity index is 1060. The van der Waals surface area contributed by atoms with Crippen molar-refractivity contribution >= 4 is 17.3 Å². The third-order valence-electron chi connectivity index (χ3n) is 4.16. The molecule has 0 unspecified atom stereocenters. The van der Waals surface area contributed by atoms with Gasteiger partial charge in [-0.2, -0.15) is 0 Å². The zero-order chi connectivity index (χ0) is 16.7. The average Bonchev–Trinajstić information content (AvgIpc) is 2.90. The molecule has 116 valence electrons. The van der Waals surface area contributed by atoms with Crippen molar-refractivity contribution in [2.45, 2.75) is 0 Å². The molecule has 5 nitrogen and oxygen atoms in total. The molecular weight excluding hydrogens is 304 g/mol. The van der Waals surface area contributed by atoms with Crippen LogP contribution in [-0.4, -0.2) is 9.91 Å². The van der Waals surface area contributed by atoms with Gasteiger partial charge in [-0.3, -0.25) is 14.9 Å². The summed E-state index contributed by atoms with van der Waals surface area (Å²) in [6.45, 7) is 0. The number of fused-ring (bicyclic) bond motifs is 3. The number of nitro benzene ring substituents is 1. The van der Waals surface area contributed by atoms with E-state index in [2.05, 4.69) is 4.98 Å². The molecule has 24 heavy (non-hydrogen) atoms. The molecular formula is C19H12N2O3. The van der Waals surface area contributed by atoms with Crippen molar-refractivity contribution < 1.29 is 4.92 Å². The number of pyridine rings is 1. The molecule has 0 bridgehead atoms. The molecule has 0 saturated carbocycles. The minimum atomic E-state index is -0.407. The first-order valence-electron chi connectivity index (χ1n) is 7.43. The fraction of sp³-hybridized carbons (Fsp3) is 0. The fourth-order valence-electron chi connectivity index (χ4n) is 3.06. The minimum absolute atomic E-state index is 0.0365. The van der Waals surface area contributed by atoms with Gasteiger partial charge in [0, 0.05) is 23.9 Å². The van der Waals surface area contributed by atoms with Gasteiger partial charge >= 0.3 is 0 Å². The maximum Gasteiger partial charge on any atom is 0.270 e. The summed E-state index contributed by atoms with van der Waals surface area (Å²) in [5.41, 5.74) is 4.87. The lowest BCUT2D eigenvalue weighted by molar-refractivity contribution is -0.384. The zero-order valence-corrected chi connectivity index (χ0v) is 12.5. The Labute approximate surface area is 137 Å². The van der Waals surface area contributed by atoms with E-state index >= 15 is 0 Å². The van der Waals surface area contributed by atoms with E-state index in [0.717, 1.165) is 27.8 Å². The SMILES string of the molecule is O=c1[nH]cccc1/C=C1\c2ccccc2-c2ccc([N+](=O)[O-])cc21. The van der Waals surface area contributed by atoms with E-state index in [4.69, 9.17) is 0 Å². The van der Waals surface area contributed by atoms with Gasteiger partial charge in [-0.15, -0.1) is 0 Å². The lowest BCUT2D eigenvalue weighted by Crippen LogP contribution is -2.07. The van der Waals surface area contributed by atoms with Crippen LogP contribution in [0.4, 0.5) is 5.69 Å². The third-order valence-corrected chi connectivity index (χ3v) is 4.16. The van der Waals surface area contributed by atoms with Crippen molar-refractivity contribution in [3.63, 3.8) is 0 Å². The summed E-state index contributed by atoms with van der Waals surface area (Å²) in [5.74, 6) is 0. The lowest BCUT2D eigenvalue weighted by atomic mass is 10.0. The summed E-state index contributed by atoms with van der Waals surface area (Å²) in [6, 6.07) is 16.1. The third kappa shape index (κ3) is 2.14. The summed E-state index contributed by atoms with van der Waals surface area (Å²) in [5, 5.41) is 11.1. The predicted molar refractivity (Wildman–Crippen MR) is 92.6 cm³/mol. The van der Waals surface area contributed by atoms with E-state index in [0.29, 0.717) is 5.56 Å². The van der Waals surface area contributed by atoms with Crippen LogP contribution in [0, 0.1) is 10.1 Å². The van der Waals surface area contributed by atoms with Gasteiger partial charge in [0.2, 0.25) is 0 Å². The van der Waals surface area contributed by atoms with Crippen LogP contribution in [0.2, 0.25) is 0 Å². The summed E-state index contributed by atoms with van der Waals surface area (Å²) in [7, 11) is 0. The Morgan fingerprint density at radius 2 is 1.67 bits per heavy atom. The second kappa shape index (κ2) is 5.31. The highest BCUT2D eigenvalue weighted by molar-refractivity contribution is 6.06. The molecule has 0 atom stereocenters. The van der Waals surface area contributed by atoms with E-state index < -0.39 is 4.92 Å². The first kappa shape index (κ1) is 14.1. The van der Waals surface area contributed by atoms with Crippen molar-refractivity contribution in [3.05, 3.63) is 98.0 Å². The molecule has 0 fully saturated rings. The number of benzene rings is 2. The molecule has 1 aliphatic carbocycles. The molecule has 1 N–H and O–H groups in total. The van der Waals surface area contributed by atoms with Gasteiger partial charge in [-0.25, -0.2) is 0 Å². The van der Waals surface area contributed by atoms with Gasteiger partial charge in [0.1, 0.15) is 0 Å². The quantitative estimate of drug-likeness (QED) is 0.451. The van der Waals surface area contributed by atoms with Crippen LogP contribution in [0.3, 0.4) is 0 Å². The molecule has 1 heterocycles. The Morgan fingerprint density at radius 3 is 2.42 bits per heavy atom. The van der Waals surface area contributed by atoms with Crippen molar-refractivity contribution in [3.8, 4) is 11.1 Å². The highest BCUT2D eigenvalue weighted by Gasteiger charge is 2.25. The molecule has 0 spiro atoms. The summed E-state index contributed by atoms with van der Waals surface area (Å²) in [6.07, 6.45) is 3.36. The van der Waals surface area contributed by atoms with Crippen LogP contribution in [-0.2, 0) is 0 Å². The van der Waals surface area contributed by atoms with Gasteiger partial charge < -0.3 is 4.98 Å². The molecule has 1 aromatic heterocycles. The molecule has 0 radical (unpaired) electrons. The largest absolute Gasteiger partial charge is 0.329 e. The number of aromatic nitrogens is 1. The molecule has 1 aliphatic rings. The highest BCUT2D eigenvalue weighted by Crippen LogP contribution is 2.45. The number of nitrogens with one attached hydrogen (secondary N) is 1. The number of hydrogen-bond acceptors (Lipinski definition) is 3. The number of non-ortho nitro benzene ring substituents is 1. The highest BCUT2D eigenvalue weighted by atomic mass is 16.6. The van der Waals surface area contributed by atoms with Gasteiger partial charge in [-0.1, -0.05) is 24.3 Å². The predicted octanol–water partition coefficient (Wildman–Crippen LogP) is 3.85. The lowest BCUT2D eigenvalue weighted by Gasteiger charge is -2.03. The van der Waals surface area contributed by atoms with Gasteiger partial charge in [0.15, 0.2) is 0 Å². The standard InChI is InChI=1S/C19H12N2O3/c22-19-12(4-3-9-20-19)10-17-15-6-2-1-5-14(15)16-8-7-13(21(23)24)11-18(16)17/h1-11H,(H,20,22)/b17-10+. The number of nitro groups is 1. The maximum atomic E-state index is 12.0. The second-order valence-electron chi connectivity index (χ2n) is 5.55. The first-order valence-corrected chi connectivity index (χ1v) is 7.43. The monoisotopic (exact) mass is 316 g/mol. The molecule has 0 amide bonds. The topological polar surface area (TPSA) is 76.0 Å². The van der Waals surface area contributed by atoms with Crippen molar-refractivity contribution in [1.82, 2.24) is 4.98 Å². The molecule has 0 saturated heterocycles. The minimum Gasteiger partial charge on any atom is -0.329 e. The van der Waals surface area contributed by atoms with E-state index in [1.165, 1.54) is 6.07 Å². The number of aromatic amines is 1. The fourth-order valence-corrected chi connectivity index (χ4v) is 3.06. The van der Waals surface area contributed by atoms with Gasteiger partial charge in [0.05, 0.1) is 4.92 Å². The van der Waals surface area contributed by atoms with E-state index in [1.807, 2.05) is 24.3 Å². The van der Waals surface area contributed by atoms with Crippen LogP contribution in [0.5, 0.6) is 0 Å². The smallest absolute Gasteiger partial charge is 0.270 e. The molecule has 4 rings (SSSR count). The summed E-state index contributed by atoms with van der Waals surface area (Å²) < 4.78 is 0. The van der Waals surface area contributed by atoms with E-state index in [-0.39, 0.29) is 11.2 Å². The van der Waals surface area contributed by atoms with Crippen LogP contribution in [0.1, 0.15) is 16.7 Å². The molecule has 3 aromatic rings. The van der Waals surface area contributed by atoms with E-state index in [1.54, 1.807) is 36.5 Å². The maximum absolute atomic E-state index is 12.0. The van der Waals surface area contributed by atoms with Crippen LogP contribution >= 0.6 is 0 Å². The van der Waals surface area contributed by atoms with Crippen molar-refractivity contribution in [1.29, 1.82) is 0 Å². The Kier molecular flexibility index (Phi) is 3.13.